The highest BCUT2D eigenvalue weighted by atomic mass is 32.2. The molecule has 3 heteroatoms. The molecule has 1 amide bonds. The predicted octanol–water partition coefficient (Wildman–Crippen LogP) is 1.86. The molecule has 1 N–H and O–H groups in total. The van der Waals surface area contributed by atoms with E-state index in [-0.39, 0.29) is 5.24 Å². The molecule has 1 unspecified atom stereocenters. The quantitative estimate of drug-likeness (QED) is 0.666. The van der Waals surface area contributed by atoms with Gasteiger partial charge < -0.3 is 5.32 Å². The van der Waals surface area contributed by atoms with Gasteiger partial charge in [0.05, 0.1) is 0 Å². The Bertz CT molecular complexity index is 136. The first-order chi connectivity index (χ1) is 4.68. The summed E-state index contributed by atoms with van der Waals surface area (Å²) in [5.74, 6) is 0.699. The zero-order valence-corrected chi connectivity index (χ0v) is 7.20. The molecule has 1 saturated heterocycles. The molecule has 1 fully saturated rings. The number of rotatable bonds is 2. The summed E-state index contributed by atoms with van der Waals surface area (Å²) in [6, 6.07) is 0. The van der Waals surface area contributed by atoms with Crippen LogP contribution in [0.5, 0.6) is 0 Å². The molecule has 1 rings (SSSR count). The van der Waals surface area contributed by atoms with Crippen LogP contribution in [0.4, 0.5) is 4.79 Å². The largest absolute Gasteiger partial charge is 0.346 e. The first-order valence-corrected chi connectivity index (χ1v) is 4.51. The van der Waals surface area contributed by atoms with Crippen molar-refractivity contribution in [1.82, 2.24) is 5.32 Å². The van der Waals surface area contributed by atoms with Crippen LogP contribution in [0.15, 0.2) is 0 Å². The normalized spacial score (nSPS) is 25.5. The third-order valence-electron chi connectivity index (χ3n) is 1.48. The molecular formula is C7H13NOS. The lowest BCUT2D eigenvalue weighted by Crippen LogP contribution is -2.15. The third-order valence-corrected chi connectivity index (χ3v) is 2.53. The lowest BCUT2D eigenvalue weighted by molar-refractivity contribution is 0.262. The molecule has 0 bridgehead atoms. The van der Waals surface area contributed by atoms with Crippen molar-refractivity contribution >= 4 is 17.0 Å². The summed E-state index contributed by atoms with van der Waals surface area (Å²) >= 11 is 1.44. The summed E-state index contributed by atoms with van der Waals surface area (Å²) in [6.45, 7) is 5.23. The fourth-order valence-electron chi connectivity index (χ4n) is 1.09. The van der Waals surface area contributed by atoms with Gasteiger partial charge in [-0.05, 0) is 12.3 Å². The van der Waals surface area contributed by atoms with Gasteiger partial charge in [-0.15, -0.1) is 0 Å². The summed E-state index contributed by atoms with van der Waals surface area (Å²) in [6.07, 6.45) is 1.14. The minimum atomic E-state index is 0.144. The Morgan fingerprint density at radius 3 is 2.90 bits per heavy atom. The monoisotopic (exact) mass is 159 g/mol. The Kier molecular flexibility index (Phi) is 2.60. The van der Waals surface area contributed by atoms with E-state index < -0.39 is 0 Å². The highest BCUT2D eigenvalue weighted by Crippen LogP contribution is 2.23. The van der Waals surface area contributed by atoms with Gasteiger partial charge in [0.1, 0.15) is 0 Å². The van der Waals surface area contributed by atoms with E-state index in [0.717, 1.165) is 13.0 Å². The minimum absolute atomic E-state index is 0.144. The number of carbonyl (C=O) groups is 1. The van der Waals surface area contributed by atoms with Crippen LogP contribution in [0.1, 0.15) is 20.3 Å². The summed E-state index contributed by atoms with van der Waals surface area (Å²) in [5, 5.41) is 3.46. The van der Waals surface area contributed by atoms with E-state index in [9.17, 15) is 4.79 Å². The highest BCUT2D eigenvalue weighted by molar-refractivity contribution is 8.14. The molecule has 58 valence electrons. The molecule has 1 heterocycles. The van der Waals surface area contributed by atoms with Crippen LogP contribution in [0, 0.1) is 5.92 Å². The average Bonchev–Trinajstić information content (AvgIpc) is 2.13. The minimum Gasteiger partial charge on any atom is -0.346 e. The molecule has 1 aliphatic heterocycles. The van der Waals surface area contributed by atoms with Crippen molar-refractivity contribution in [3.63, 3.8) is 0 Å². The molecule has 0 spiro atoms. The number of carbonyl (C=O) groups excluding carboxylic acids is 1. The van der Waals surface area contributed by atoms with Crippen LogP contribution in [-0.4, -0.2) is 17.0 Å². The van der Waals surface area contributed by atoms with Crippen LogP contribution >= 0.6 is 11.8 Å². The molecular weight excluding hydrogens is 146 g/mol. The Labute approximate surface area is 65.8 Å². The fraction of sp³-hybridized carbons (Fsp3) is 0.857. The molecule has 0 aromatic carbocycles. The van der Waals surface area contributed by atoms with E-state index in [1.165, 1.54) is 11.8 Å². The smallest absolute Gasteiger partial charge is 0.279 e. The topological polar surface area (TPSA) is 29.1 Å². The van der Waals surface area contributed by atoms with Crippen molar-refractivity contribution in [1.29, 1.82) is 0 Å². The lowest BCUT2D eigenvalue weighted by atomic mass is 10.1. The van der Waals surface area contributed by atoms with E-state index in [1.807, 2.05) is 0 Å². The molecule has 1 aliphatic rings. The lowest BCUT2D eigenvalue weighted by Gasteiger charge is -2.07. The van der Waals surface area contributed by atoms with Crippen molar-refractivity contribution in [2.24, 2.45) is 5.92 Å². The van der Waals surface area contributed by atoms with Crippen LogP contribution in [0.25, 0.3) is 0 Å². The number of nitrogens with one attached hydrogen (secondary N) is 1. The van der Waals surface area contributed by atoms with Gasteiger partial charge in [-0.2, -0.15) is 0 Å². The maximum atomic E-state index is 10.7. The molecule has 0 saturated carbocycles. The molecule has 0 aliphatic carbocycles. The van der Waals surface area contributed by atoms with Gasteiger partial charge in [-0.25, -0.2) is 0 Å². The van der Waals surface area contributed by atoms with Crippen LogP contribution in [0.3, 0.4) is 0 Å². The number of thioether (sulfide) groups is 1. The first kappa shape index (κ1) is 7.92. The molecule has 2 nitrogen and oxygen atoms in total. The fourth-order valence-corrected chi connectivity index (χ4v) is 2.21. The second-order valence-electron chi connectivity index (χ2n) is 3.04. The Balaban J connectivity index is 2.24. The highest BCUT2D eigenvalue weighted by Gasteiger charge is 2.22. The van der Waals surface area contributed by atoms with Crippen molar-refractivity contribution in [2.75, 3.05) is 6.54 Å². The van der Waals surface area contributed by atoms with E-state index in [1.54, 1.807) is 0 Å². The van der Waals surface area contributed by atoms with Gasteiger partial charge >= 0.3 is 0 Å². The predicted molar refractivity (Wildman–Crippen MR) is 44.2 cm³/mol. The van der Waals surface area contributed by atoms with Gasteiger partial charge in [-0.1, -0.05) is 25.6 Å². The van der Waals surface area contributed by atoms with Crippen LogP contribution < -0.4 is 5.32 Å². The second-order valence-corrected chi connectivity index (χ2v) is 4.31. The molecule has 1 atom stereocenters. The Hall–Kier alpha value is -0.180. The summed E-state index contributed by atoms with van der Waals surface area (Å²) in [5.41, 5.74) is 0. The molecule has 0 aromatic rings. The van der Waals surface area contributed by atoms with Gasteiger partial charge in [0, 0.05) is 11.8 Å². The van der Waals surface area contributed by atoms with E-state index >= 15 is 0 Å². The van der Waals surface area contributed by atoms with Crippen molar-refractivity contribution in [3.05, 3.63) is 0 Å². The average molecular weight is 159 g/mol. The van der Waals surface area contributed by atoms with E-state index in [0.29, 0.717) is 11.2 Å². The van der Waals surface area contributed by atoms with Gasteiger partial charge in [0.25, 0.3) is 5.24 Å². The standard InChI is InChI=1S/C7H13NOS/c1-5(2)3-6-4-8-7(9)10-6/h5-6H,3-4H2,1-2H3,(H,8,9). The maximum Gasteiger partial charge on any atom is 0.279 e. The third kappa shape index (κ3) is 2.21. The van der Waals surface area contributed by atoms with E-state index in [4.69, 9.17) is 0 Å². The SMILES string of the molecule is CC(C)CC1CNC(=O)S1. The van der Waals surface area contributed by atoms with Crippen molar-refractivity contribution in [3.8, 4) is 0 Å². The molecule has 10 heavy (non-hydrogen) atoms. The molecule has 0 radical (unpaired) electrons. The Morgan fingerprint density at radius 1 is 1.80 bits per heavy atom. The van der Waals surface area contributed by atoms with E-state index in [2.05, 4.69) is 19.2 Å². The van der Waals surface area contributed by atoms with Crippen LogP contribution in [-0.2, 0) is 0 Å². The number of hydrogen-bond donors (Lipinski definition) is 1. The van der Waals surface area contributed by atoms with Gasteiger partial charge in [-0.3, -0.25) is 4.79 Å². The summed E-state index contributed by atoms with van der Waals surface area (Å²) < 4.78 is 0. The van der Waals surface area contributed by atoms with Crippen molar-refractivity contribution in [2.45, 2.75) is 25.5 Å². The summed E-state index contributed by atoms with van der Waals surface area (Å²) in [7, 11) is 0. The zero-order valence-electron chi connectivity index (χ0n) is 6.39. The molecule has 0 aromatic heterocycles. The summed E-state index contributed by atoms with van der Waals surface area (Å²) in [4.78, 5) is 10.7. The second kappa shape index (κ2) is 3.28. The van der Waals surface area contributed by atoms with Crippen LogP contribution in [0.2, 0.25) is 0 Å². The number of amides is 1. The van der Waals surface area contributed by atoms with Gasteiger partial charge in [0.15, 0.2) is 0 Å². The number of hydrogen-bond acceptors (Lipinski definition) is 2. The zero-order chi connectivity index (χ0) is 7.56. The van der Waals surface area contributed by atoms with Gasteiger partial charge in [0.2, 0.25) is 0 Å². The van der Waals surface area contributed by atoms with Crippen molar-refractivity contribution < 1.29 is 4.79 Å². The maximum absolute atomic E-state index is 10.7. The first-order valence-electron chi connectivity index (χ1n) is 3.63. The Morgan fingerprint density at radius 2 is 2.50 bits per heavy atom.